The Labute approximate surface area is 109 Å². The summed E-state index contributed by atoms with van der Waals surface area (Å²) in [7, 11) is 4.13. The highest BCUT2D eigenvalue weighted by Gasteiger charge is 2.23. The Bertz CT molecular complexity index is 395. The van der Waals surface area contributed by atoms with Crippen molar-refractivity contribution in [2.24, 2.45) is 11.8 Å². The van der Waals surface area contributed by atoms with E-state index in [2.05, 4.69) is 39.8 Å². The molecule has 0 bridgehead atoms. The van der Waals surface area contributed by atoms with Gasteiger partial charge in [-0.1, -0.05) is 32.9 Å². The zero-order valence-corrected chi connectivity index (χ0v) is 11.8. The first-order chi connectivity index (χ1) is 8.34. The molecule has 18 heavy (non-hydrogen) atoms. The van der Waals surface area contributed by atoms with Crippen LogP contribution in [0.4, 0.5) is 0 Å². The number of carboxylic acids is 1. The second kappa shape index (κ2) is 6.01. The largest absolute Gasteiger partial charge is 0.478 e. The summed E-state index contributed by atoms with van der Waals surface area (Å²) in [6, 6.07) is 7.52. The maximum atomic E-state index is 10.8. The van der Waals surface area contributed by atoms with Crippen LogP contribution in [0.3, 0.4) is 0 Å². The molecule has 3 heteroatoms. The maximum Gasteiger partial charge on any atom is 0.335 e. The topological polar surface area (TPSA) is 40.5 Å². The molecule has 0 aromatic heterocycles. The van der Waals surface area contributed by atoms with E-state index >= 15 is 0 Å². The Balaban J connectivity index is 3.03. The van der Waals surface area contributed by atoms with Gasteiger partial charge in [0, 0.05) is 6.04 Å². The van der Waals surface area contributed by atoms with E-state index < -0.39 is 5.97 Å². The lowest BCUT2D eigenvalue weighted by molar-refractivity contribution is 0.0697. The van der Waals surface area contributed by atoms with Gasteiger partial charge in [0.05, 0.1) is 5.56 Å². The van der Waals surface area contributed by atoms with Crippen LogP contribution in [0.5, 0.6) is 0 Å². The summed E-state index contributed by atoms with van der Waals surface area (Å²) in [6.07, 6.45) is 0. The van der Waals surface area contributed by atoms with Gasteiger partial charge in [0.15, 0.2) is 0 Å². The van der Waals surface area contributed by atoms with Gasteiger partial charge >= 0.3 is 5.97 Å². The number of hydrogen-bond acceptors (Lipinski definition) is 2. The third kappa shape index (κ3) is 3.33. The number of hydrogen-bond donors (Lipinski definition) is 1. The summed E-state index contributed by atoms with van der Waals surface area (Å²) in [4.78, 5) is 13.0. The van der Waals surface area contributed by atoms with Crippen molar-refractivity contribution < 1.29 is 9.90 Å². The molecule has 1 N–H and O–H groups in total. The van der Waals surface area contributed by atoms with E-state index in [4.69, 9.17) is 5.11 Å². The highest BCUT2D eigenvalue weighted by molar-refractivity contribution is 5.87. The summed E-state index contributed by atoms with van der Waals surface area (Å²) in [5.74, 6) is 0.215. The average molecular weight is 249 g/mol. The fourth-order valence-corrected chi connectivity index (χ4v) is 2.26. The molecule has 0 radical (unpaired) electrons. The van der Waals surface area contributed by atoms with E-state index in [0.29, 0.717) is 23.4 Å². The number of rotatable bonds is 5. The van der Waals surface area contributed by atoms with Crippen LogP contribution in [0.15, 0.2) is 24.3 Å². The summed E-state index contributed by atoms with van der Waals surface area (Å²) >= 11 is 0. The summed E-state index contributed by atoms with van der Waals surface area (Å²) in [5.41, 5.74) is 1.51. The predicted molar refractivity (Wildman–Crippen MR) is 73.8 cm³/mol. The Morgan fingerprint density at radius 3 is 1.94 bits per heavy atom. The van der Waals surface area contributed by atoms with E-state index in [1.165, 1.54) is 5.56 Å². The first-order valence-corrected chi connectivity index (χ1v) is 6.34. The molecule has 1 aromatic rings. The first kappa shape index (κ1) is 14.7. The molecule has 100 valence electrons. The molecule has 1 aromatic carbocycles. The highest BCUT2D eigenvalue weighted by atomic mass is 16.4. The van der Waals surface area contributed by atoms with Crippen molar-refractivity contribution >= 4 is 5.97 Å². The zero-order chi connectivity index (χ0) is 13.9. The standard InChI is InChI=1S/C15H23NO2/c1-10(2)11(3)14(16(4)5)12-6-8-13(9-7-12)15(17)18/h6-11,14H,1-5H3,(H,17,18)/t11-,14-/m1/s1. The molecule has 0 aliphatic rings. The molecule has 2 atom stereocenters. The number of carbonyl (C=O) groups is 1. The lowest BCUT2D eigenvalue weighted by Crippen LogP contribution is -2.28. The fourth-order valence-electron chi connectivity index (χ4n) is 2.26. The van der Waals surface area contributed by atoms with Crippen LogP contribution in [0.2, 0.25) is 0 Å². The summed E-state index contributed by atoms with van der Waals surface area (Å²) in [6.45, 7) is 6.67. The second-order valence-electron chi connectivity index (χ2n) is 5.44. The van der Waals surface area contributed by atoms with Gasteiger partial charge in [-0.2, -0.15) is 0 Å². The third-order valence-corrected chi connectivity index (χ3v) is 3.61. The number of benzene rings is 1. The van der Waals surface area contributed by atoms with Crippen LogP contribution in [-0.4, -0.2) is 30.1 Å². The molecule has 0 amide bonds. The Hall–Kier alpha value is -1.35. The minimum Gasteiger partial charge on any atom is -0.478 e. The third-order valence-electron chi connectivity index (χ3n) is 3.61. The van der Waals surface area contributed by atoms with Crippen molar-refractivity contribution in [3.63, 3.8) is 0 Å². The van der Waals surface area contributed by atoms with Gasteiger partial charge in [-0.15, -0.1) is 0 Å². The number of nitrogens with zero attached hydrogens (tertiary/aromatic N) is 1. The second-order valence-corrected chi connectivity index (χ2v) is 5.44. The van der Waals surface area contributed by atoms with E-state index in [1.807, 2.05) is 12.1 Å². The van der Waals surface area contributed by atoms with Crippen molar-refractivity contribution in [1.82, 2.24) is 4.90 Å². The quantitative estimate of drug-likeness (QED) is 0.870. The van der Waals surface area contributed by atoms with Crippen molar-refractivity contribution in [2.75, 3.05) is 14.1 Å². The summed E-state index contributed by atoms with van der Waals surface area (Å²) in [5, 5.41) is 8.91. The Kier molecular flexibility index (Phi) is 4.91. The molecule has 0 fully saturated rings. The van der Waals surface area contributed by atoms with E-state index in [9.17, 15) is 4.79 Å². The van der Waals surface area contributed by atoms with Gasteiger partial charge in [-0.3, -0.25) is 0 Å². The highest BCUT2D eigenvalue weighted by Crippen LogP contribution is 2.31. The average Bonchev–Trinajstić information content (AvgIpc) is 2.29. The smallest absolute Gasteiger partial charge is 0.335 e. The van der Waals surface area contributed by atoms with Gasteiger partial charge in [-0.05, 0) is 43.6 Å². The van der Waals surface area contributed by atoms with Crippen LogP contribution in [0, 0.1) is 11.8 Å². The van der Waals surface area contributed by atoms with Gasteiger partial charge in [0.2, 0.25) is 0 Å². The number of aromatic carboxylic acids is 1. The Morgan fingerprint density at radius 2 is 1.61 bits per heavy atom. The lowest BCUT2D eigenvalue weighted by atomic mass is 9.85. The molecule has 1 rings (SSSR count). The molecular weight excluding hydrogens is 226 g/mol. The molecule has 3 nitrogen and oxygen atoms in total. The SMILES string of the molecule is CC(C)[C@@H](C)[C@H](c1ccc(C(=O)O)cc1)N(C)C. The molecule has 0 aliphatic carbocycles. The molecule has 0 unspecified atom stereocenters. The Morgan fingerprint density at radius 1 is 1.11 bits per heavy atom. The molecule has 0 spiro atoms. The molecule has 0 saturated heterocycles. The van der Waals surface area contributed by atoms with Crippen LogP contribution < -0.4 is 0 Å². The van der Waals surface area contributed by atoms with E-state index in [0.717, 1.165) is 0 Å². The number of carboxylic acid groups (broad SMARTS) is 1. The van der Waals surface area contributed by atoms with Gasteiger partial charge in [0.25, 0.3) is 0 Å². The van der Waals surface area contributed by atoms with Gasteiger partial charge < -0.3 is 10.0 Å². The normalized spacial score (nSPS) is 14.8. The van der Waals surface area contributed by atoms with Crippen molar-refractivity contribution in [1.29, 1.82) is 0 Å². The van der Waals surface area contributed by atoms with Crippen LogP contribution >= 0.6 is 0 Å². The molecule has 0 aliphatic heterocycles. The van der Waals surface area contributed by atoms with Crippen LogP contribution in [0.1, 0.15) is 42.7 Å². The lowest BCUT2D eigenvalue weighted by Gasteiger charge is -2.33. The summed E-state index contributed by atoms with van der Waals surface area (Å²) < 4.78 is 0. The molecule has 0 saturated carbocycles. The van der Waals surface area contributed by atoms with E-state index in [1.54, 1.807) is 12.1 Å². The minimum absolute atomic E-state index is 0.313. The van der Waals surface area contributed by atoms with Gasteiger partial charge in [-0.25, -0.2) is 4.79 Å². The molecular formula is C15H23NO2. The maximum absolute atomic E-state index is 10.8. The van der Waals surface area contributed by atoms with Gasteiger partial charge in [0.1, 0.15) is 0 Å². The minimum atomic E-state index is -0.875. The van der Waals surface area contributed by atoms with Crippen molar-refractivity contribution in [3.8, 4) is 0 Å². The predicted octanol–water partition coefficient (Wildman–Crippen LogP) is 3.28. The van der Waals surface area contributed by atoms with Crippen molar-refractivity contribution in [2.45, 2.75) is 26.8 Å². The molecule has 0 heterocycles. The van der Waals surface area contributed by atoms with Crippen LogP contribution in [0.25, 0.3) is 0 Å². The zero-order valence-electron chi connectivity index (χ0n) is 11.8. The fraction of sp³-hybridized carbons (Fsp3) is 0.533. The van der Waals surface area contributed by atoms with Crippen LogP contribution in [-0.2, 0) is 0 Å². The van der Waals surface area contributed by atoms with Crippen molar-refractivity contribution in [3.05, 3.63) is 35.4 Å². The van der Waals surface area contributed by atoms with E-state index in [-0.39, 0.29) is 0 Å². The first-order valence-electron chi connectivity index (χ1n) is 6.34. The monoisotopic (exact) mass is 249 g/mol.